The van der Waals surface area contributed by atoms with E-state index in [1.807, 2.05) is 6.08 Å². The number of hydrogen-bond donors (Lipinski definition) is 0. The summed E-state index contributed by atoms with van der Waals surface area (Å²) < 4.78 is 0. The van der Waals surface area contributed by atoms with E-state index in [-0.39, 0.29) is 10.8 Å². The van der Waals surface area contributed by atoms with E-state index in [2.05, 4.69) is 89.7 Å². The van der Waals surface area contributed by atoms with E-state index in [9.17, 15) is 0 Å². The minimum atomic E-state index is 0.258. The molecule has 0 heteroatoms. The highest BCUT2D eigenvalue weighted by atomic mass is 14.4. The Balaban J connectivity index is 1.99. The molecule has 25 heavy (non-hydrogen) atoms. The van der Waals surface area contributed by atoms with Crippen molar-refractivity contribution in [2.45, 2.75) is 58.3 Å². The van der Waals surface area contributed by atoms with Crippen molar-refractivity contribution >= 4 is 17.7 Å². The van der Waals surface area contributed by atoms with Gasteiger partial charge in [0, 0.05) is 0 Å². The van der Waals surface area contributed by atoms with E-state index < -0.39 is 0 Å². The van der Waals surface area contributed by atoms with Crippen LogP contribution >= 0.6 is 0 Å². The molecular formula is C25H30. The first-order chi connectivity index (χ1) is 11.7. The number of benzene rings is 2. The molecule has 2 aromatic carbocycles. The summed E-state index contributed by atoms with van der Waals surface area (Å²) in [6, 6.07) is 15.6. The zero-order valence-corrected chi connectivity index (χ0v) is 16.3. The van der Waals surface area contributed by atoms with Gasteiger partial charge >= 0.3 is 0 Å². The van der Waals surface area contributed by atoms with Crippen LogP contribution in [0.2, 0.25) is 0 Å². The molecule has 0 unspecified atom stereocenters. The van der Waals surface area contributed by atoms with Crippen LogP contribution < -0.4 is 0 Å². The van der Waals surface area contributed by atoms with Gasteiger partial charge in [0.1, 0.15) is 0 Å². The van der Waals surface area contributed by atoms with Gasteiger partial charge in [-0.1, -0.05) is 88.9 Å². The number of fused-ring (bicyclic) bond motifs is 1. The molecule has 2 aromatic rings. The fourth-order valence-electron chi connectivity index (χ4n) is 3.91. The molecular weight excluding hydrogens is 300 g/mol. The molecule has 0 heterocycles. The molecule has 0 nitrogen and oxygen atoms in total. The van der Waals surface area contributed by atoms with Crippen LogP contribution in [-0.4, -0.2) is 0 Å². The van der Waals surface area contributed by atoms with Gasteiger partial charge in [-0.2, -0.15) is 0 Å². The molecule has 1 aliphatic rings. The Morgan fingerprint density at radius 1 is 0.840 bits per heavy atom. The minimum absolute atomic E-state index is 0.258. The van der Waals surface area contributed by atoms with E-state index in [0.29, 0.717) is 0 Å². The maximum absolute atomic E-state index is 3.82. The van der Waals surface area contributed by atoms with Gasteiger partial charge in [-0.15, -0.1) is 0 Å². The molecule has 0 spiro atoms. The van der Waals surface area contributed by atoms with E-state index in [4.69, 9.17) is 0 Å². The van der Waals surface area contributed by atoms with Gasteiger partial charge in [0.05, 0.1) is 0 Å². The van der Waals surface area contributed by atoms with Crippen LogP contribution in [0.3, 0.4) is 0 Å². The third kappa shape index (κ3) is 3.49. The fourth-order valence-corrected chi connectivity index (χ4v) is 3.91. The van der Waals surface area contributed by atoms with Crippen LogP contribution in [0, 0.1) is 0 Å². The molecule has 0 aliphatic heterocycles. The average Bonchev–Trinajstić information content (AvgIpc) is 2.59. The first kappa shape index (κ1) is 17.7. The highest BCUT2D eigenvalue weighted by Crippen LogP contribution is 2.46. The zero-order chi connectivity index (χ0) is 18.2. The minimum Gasteiger partial charge on any atom is -0.0985 e. The van der Waals surface area contributed by atoms with Gasteiger partial charge in [0.2, 0.25) is 0 Å². The van der Waals surface area contributed by atoms with Crippen molar-refractivity contribution in [3.8, 4) is 0 Å². The van der Waals surface area contributed by atoms with E-state index >= 15 is 0 Å². The highest BCUT2D eigenvalue weighted by molar-refractivity contribution is 5.80. The smallest absolute Gasteiger partial charge is 0.0100 e. The second-order valence-electron chi connectivity index (χ2n) is 8.73. The first-order valence-electron chi connectivity index (χ1n) is 9.29. The third-order valence-corrected chi connectivity index (χ3v) is 5.86. The number of rotatable bonds is 3. The summed E-state index contributed by atoms with van der Waals surface area (Å²) in [4.78, 5) is 0. The lowest BCUT2D eigenvalue weighted by Gasteiger charge is -2.42. The van der Waals surface area contributed by atoms with Crippen LogP contribution in [-0.2, 0) is 10.8 Å². The highest BCUT2D eigenvalue weighted by Gasteiger charge is 2.36. The Kier molecular flexibility index (Phi) is 4.49. The molecule has 0 radical (unpaired) electrons. The molecule has 130 valence electrons. The predicted octanol–water partition coefficient (Wildman–Crippen LogP) is 7.24. The monoisotopic (exact) mass is 330 g/mol. The molecule has 0 amide bonds. The maximum Gasteiger partial charge on any atom is -0.0100 e. The lowest BCUT2D eigenvalue weighted by Crippen LogP contribution is -2.33. The largest absolute Gasteiger partial charge is 0.0985 e. The summed E-state index contributed by atoms with van der Waals surface area (Å²) in [7, 11) is 0. The molecule has 1 aliphatic carbocycles. The second-order valence-corrected chi connectivity index (χ2v) is 8.73. The van der Waals surface area contributed by atoms with Crippen LogP contribution in [0.1, 0.15) is 75.3 Å². The molecule has 0 aromatic heterocycles. The SMILES string of the molecule is C=Cc1ccc(C(C)=Cc2ccc3c(c2)C(C)(C)CCC3(C)C)cc1. The van der Waals surface area contributed by atoms with Crippen molar-refractivity contribution in [1.82, 2.24) is 0 Å². The van der Waals surface area contributed by atoms with Crippen molar-refractivity contribution in [2.75, 3.05) is 0 Å². The van der Waals surface area contributed by atoms with E-state index in [1.54, 1.807) is 0 Å². The van der Waals surface area contributed by atoms with Crippen LogP contribution in [0.25, 0.3) is 17.7 Å². The molecule has 0 N–H and O–H groups in total. The Morgan fingerprint density at radius 3 is 2.00 bits per heavy atom. The molecule has 0 fully saturated rings. The molecule has 3 rings (SSSR count). The van der Waals surface area contributed by atoms with Crippen molar-refractivity contribution < 1.29 is 0 Å². The van der Waals surface area contributed by atoms with E-state index in [0.717, 1.165) is 5.56 Å². The fraction of sp³-hybridized carbons (Fsp3) is 0.360. The second kappa shape index (κ2) is 6.33. The van der Waals surface area contributed by atoms with E-state index in [1.165, 1.54) is 40.7 Å². The molecule has 0 saturated carbocycles. The molecule has 0 atom stereocenters. The number of hydrogen-bond acceptors (Lipinski definition) is 0. The summed E-state index contributed by atoms with van der Waals surface area (Å²) in [5.74, 6) is 0. The van der Waals surface area contributed by atoms with Gasteiger partial charge in [0.25, 0.3) is 0 Å². The summed E-state index contributed by atoms with van der Waals surface area (Å²) in [6.07, 6.45) is 6.70. The summed E-state index contributed by atoms with van der Waals surface area (Å²) in [6.45, 7) is 15.5. The third-order valence-electron chi connectivity index (χ3n) is 5.86. The van der Waals surface area contributed by atoms with Gasteiger partial charge in [-0.25, -0.2) is 0 Å². The topological polar surface area (TPSA) is 0 Å². The molecule has 0 bridgehead atoms. The van der Waals surface area contributed by atoms with Crippen molar-refractivity contribution in [2.24, 2.45) is 0 Å². The lowest BCUT2D eigenvalue weighted by molar-refractivity contribution is 0.332. The van der Waals surface area contributed by atoms with Crippen LogP contribution in [0.15, 0.2) is 49.0 Å². The quantitative estimate of drug-likeness (QED) is 0.520. The molecule has 0 saturated heterocycles. The summed E-state index contributed by atoms with van der Waals surface area (Å²) in [5, 5.41) is 0. The predicted molar refractivity (Wildman–Crippen MR) is 112 cm³/mol. The summed E-state index contributed by atoms with van der Waals surface area (Å²) >= 11 is 0. The Bertz CT molecular complexity index is 814. The Morgan fingerprint density at radius 2 is 1.40 bits per heavy atom. The van der Waals surface area contributed by atoms with Crippen LogP contribution in [0.4, 0.5) is 0 Å². The van der Waals surface area contributed by atoms with Gasteiger partial charge in [-0.05, 0) is 64.0 Å². The van der Waals surface area contributed by atoms with Gasteiger partial charge < -0.3 is 0 Å². The zero-order valence-electron chi connectivity index (χ0n) is 16.3. The van der Waals surface area contributed by atoms with Gasteiger partial charge in [-0.3, -0.25) is 0 Å². The van der Waals surface area contributed by atoms with Crippen molar-refractivity contribution in [3.05, 3.63) is 76.9 Å². The summed E-state index contributed by atoms with van der Waals surface area (Å²) in [5.41, 5.74) is 8.60. The lowest BCUT2D eigenvalue weighted by atomic mass is 9.63. The van der Waals surface area contributed by atoms with Crippen molar-refractivity contribution in [3.63, 3.8) is 0 Å². The Labute approximate surface area is 153 Å². The standard InChI is InChI=1S/C25H30/c1-7-19-8-11-21(12-9-19)18(2)16-20-10-13-22-23(17-20)25(5,6)15-14-24(22,3)4/h7-13,16-17H,1,14-15H2,2-6H3. The average molecular weight is 331 g/mol. The maximum atomic E-state index is 3.82. The van der Waals surface area contributed by atoms with Crippen molar-refractivity contribution in [1.29, 1.82) is 0 Å². The van der Waals surface area contributed by atoms with Gasteiger partial charge in [0.15, 0.2) is 0 Å². The Hall–Kier alpha value is -2.08. The normalized spacial score (nSPS) is 18.5. The number of allylic oxidation sites excluding steroid dienone is 1. The van der Waals surface area contributed by atoms with Crippen LogP contribution in [0.5, 0.6) is 0 Å². The first-order valence-corrected chi connectivity index (χ1v) is 9.29.